The Hall–Kier alpha value is -1.50. The third kappa shape index (κ3) is 2.75. The van der Waals surface area contributed by atoms with Gasteiger partial charge >= 0.3 is 0 Å². The van der Waals surface area contributed by atoms with E-state index < -0.39 is 10.0 Å². The van der Waals surface area contributed by atoms with Gasteiger partial charge in [-0.15, -0.1) is 0 Å². The molecule has 0 unspecified atom stereocenters. The highest BCUT2D eigenvalue weighted by molar-refractivity contribution is 7.92. The minimum absolute atomic E-state index is 0.131. The molecule has 0 saturated heterocycles. The summed E-state index contributed by atoms with van der Waals surface area (Å²) >= 11 is 0. The molecule has 1 aliphatic rings. The number of nitrogens with two attached hydrogens (primary N) is 1. The number of ether oxygens (including phenoxy) is 1. The van der Waals surface area contributed by atoms with Crippen molar-refractivity contribution in [2.75, 3.05) is 16.7 Å². The van der Waals surface area contributed by atoms with E-state index in [-0.39, 0.29) is 11.9 Å². The minimum Gasteiger partial charge on any atom is -0.484 e. The van der Waals surface area contributed by atoms with E-state index in [4.69, 9.17) is 10.5 Å². The first-order valence-electron chi connectivity index (χ1n) is 4.84. The third-order valence-electron chi connectivity index (χ3n) is 2.04. The molecule has 88 valence electrons. The molecule has 1 heterocycles. The SMILES string of the molecule is CS(=O)(=O)Nc1ccnc(N)c1OC1CC1. The van der Waals surface area contributed by atoms with Crippen LogP contribution in [0.4, 0.5) is 11.5 Å². The van der Waals surface area contributed by atoms with Crippen molar-refractivity contribution in [1.29, 1.82) is 0 Å². The van der Waals surface area contributed by atoms with Gasteiger partial charge < -0.3 is 10.5 Å². The maximum absolute atomic E-state index is 11.1. The molecule has 7 heteroatoms. The highest BCUT2D eigenvalue weighted by Gasteiger charge is 2.26. The molecule has 0 atom stereocenters. The summed E-state index contributed by atoms with van der Waals surface area (Å²) < 4.78 is 30.1. The van der Waals surface area contributed by atoms with Crippen LogP contribution in [0, 0.1) is 0 Å². The highest BCUT2D eigenvalue weighted by Crippen LogP contribution is 2.35. The number of hydrogen-bond acceptors (Lipinski definition) is 5. The van der Waals surface area contributed by atoms with Crippen LogP contribution in [0.2, 0.25) is 0 Å². The standard InChI is InChI=1S/C9H13N3O3S/c1-16(13,14)12-7-4-5-11-9(10)8(7)15-6-2-3-6/h4-6H,2-3H2,1H3,(H3,10,11,12). The summed E-state index contributed by atoms with van der Waals surface area (Å²) in [6.07, 6.45) is 4.57. The Morgan fingerprint density at radius 3 is 2.81 bits per heavy atom. The summed E-state index contributed by atoms with van der Waals surface area (Å²) in [6.45, 7) is 0. The van der Waals surface area contributed by atoms with Crippen molar-refractivity contribution < 1.29 is 13.2 Å². The molecule has 0 aromatic carbocycles. The zero-order valence-corrected chi connectivity index (χ0v) is 9.62. The molecule has 1 aliphatic carbocycles. The summed E-state index contributed by atoms with van der Waals surface area (Å²) in [5.41, 5.74) is 5.98. The second-order valence-corrected chi connectivity index (χ2v) is 5.51. The fourth-order valence-electron chi connectivity index (χ4n) is 1.22. The number of nitrogens with one attached hydrogen (secondary N) is 1. The van der Waals surface area contributed by atoms with Crippen LogP contribution in [-0.4, -0.2) is 25.8 Å². The van der Waals surface area contributed by atoms with Gasteiger partial charge in [-0.1, -0.05) is 0 Å². The first kappa shape index (κ1) is 11.0. The lowest BCUT2D eigenvalue weighted by molar-refractivity contribution is 0.305. The molecular formula is C9H13N3O3S. The smallest absolute Gasteiger partial charge is 0.229 e. The molecule has 0 spiro atoms. The van der Waals surface area contributed by atoms with E-state index in [0.29, 0.717) is 11.4 Å². The van der Waals surface area contributed by atoms with Crippen LogP contribution in [-0.2, 0) is 10.0 Å². The zero-order chi connectivity index (χ0) is 11.8. The predicted molar refractivity (Wildman–Crippen MR) is 60.8 cm³/mol. The first-order valence-corrected chi connectivity index (χ1v) is 6.74. The predicted octanol–water partition coefficient (Wildman–Crippen LogP) is 0.576. The van der Waals surface area contributed by atoms with Gasteiger partial charge in [0.2, 0.25) is 10.0 Å². The van der Waals surface area contributed by atoms with Crippen molar-refractivity contribution in [3.8, 4) is 5.75 Å². The zero-order valence-electron chi connectivity index (χ0n) is 8.80. The molecule has 0 amide bonds. The number of hydrogen-bond donors (Lipinski definition) is 2. The lowest BCUT2D eigenvalue weighted by Gasteiger charge is -2.12. The number of nitrogen functional groups attached to an aromatic ring is 1. The number of rotatable bonds is 4. The van der Waals surface area contributed by atoms with Gasteiger partial charge in [-0.25, -0.2) is 13.4 Å². The Kier molecular flexibility index (Phi) is 2.63. The van der Waals surface area contributed by atoms with E-state index in [0.717, 1.165) is 19.1 Å². The highest BCUT2D eigenvalue weighted by atomic mass is 32.2. The van der Waals surface area contributed by atoms with Gasteiger partial charge in [0.25, 0.3) is 0 Å². The summed E-state index contributed by atoms with van der Waals surface area (Å²) in [5.74, 6) is 0.510. The van der Waals surface area contributed by atoms with Crippen molar-refractivity contribution in [2.24, 2.45) is 0 Å². The van der Waals surface area contributed by atoms with Crippen molar-refractivity contribution in [3.63, 3.8) is 0 Å². The van der Waals surface area contributed by atoms with Gasteiger partial charge in [0.1, 0.15) is 0 Å². The average molecular weight is 243 g/mol. The van der Waals surface area contributed by atoms with E-state index in [9.17, 15) is 8.42 Å². The summed E-state index contributed by atoms with van der Waals surface area (Å²) in [5, 5.41) is 0. The van der Waals surface area contributed by atoms with Crippen molar-refractivity contribution in [3.05, 3.63) is 12.3 Å². The van der Waals surface area contributed by atoms with Crippen LogP contribution in [0.15, 0.2) is 12.3 Å². The van der Waals surface area contributed by atoms with Crippen LogP contribution in [0.5, 0.6) is 5.75 Å². The fourth-order valence-corrected chi connectivity index (χ4v) is 1.78. The van der Waals surface area contributed by atoms with Crippen molar-refractivity contribution >= 4 is 21.5 Å². The Balaban J connectivity index is 2.31. The van der Waals surface area contributed by atoms with Gasteiger partial charge in [0, 0.05) is 6.20 Å². The molecule has 2 rings (SSSR count). The monoisotopic (exact) mass is 243 g/mol. The van der Waals surface area contributed by atoms with Crippen molar-refractivity contribution in [1.82, 2.24) is 4.98 Å². The van der Waals surface area contributed by atoms with E-state index in [2.05, 4.69) is 9.71 Å². The largest absolute Gasteiger partial charge is 0.484 e. The normalized spacial score (nSPS) is 15.8. The summed E-state index contributed by atoms with van der Waals surface area (Å²) in [7, 11) is -3.35. The van der Waals surface area contributed by atoms with E-state index in [1.165, 1.54) is 12.3 Å². The molecule has 1 aromatic heterocycles. The molecule has 0 aliphatic heterocycles. The molecule has 6 nitrogen and oxygen atoms in total. The number of nitrogens with zero attached hydrogens (tertiary/aromatic N) is 1. The topological polar surface area (TPSA) is 94.3 Å². The Morgan fingerprint density at radius 1 is 1.56 bits per heavy atom. The van der Waals surface area contributed by atoms with Gasteiger partial charge in [0.15, 0.2) is 11.6 Å². The lowest BCUT2D eigenvalue weighted by Crippen LogP contribution is -2.12. The van der Waals surface area contributed by atoms with Gasteiger partial charge in [0.05, 0.1) is 18.0 Å². The number of aromatic nitrogens is 1. The van der Waals surface area contributed by atoms with Crippen LogP contribution >= 0.6 is 0 Å². The Bertz CT molecular complexity index is 497. The third-order valence-corrected chi connectivity index (χ3v) is 2.63. The maximum atomic E-state index is 11.1. The number of sulfonamides is 1. The molecule has 0 radical (unpaired) electrons. The quantitative estimate of drug-likeness (QED) is 0.806. The molecule has 1 aromatic rings. The summed E-state index contributed by atoms with van der Waals surface area (Å²) in [6, 6.07) is 1.52. The van der Waals surface area contributed by atoms with Crippen LogP contribution < -0.4 is 15.2 Å². The fraction of sp³-hybridized carbons (Fsp3) is 0.444. The molecule has 16 heavy (non-hydrogen) atoms. The van der Waals surface area contributed by atoms with E-state index in [1.54, 1.807) is 0 Å². The van der Waals surface area contributed by atoms with E-state index in [1.807, 2.05) is 0 Å². The second kappa shape index (κ2) is 3.82. The Morgan fingerprint density at radius 2 is 2.25 bits per heavy atom. The van der Waals surface area contributed by atoms with Crippen LogP contribution in [0.25, 0.3) is 0 Å². The van der Waals surface area contributed by atoms with Crippen LogP contribution in [0.1, 0.15) is 12.8 Å². The van der Waals surface area contributed by atoms with Gasteiger partial charge in [-0.2, -0.15) is 0 Å². The molecular weight excluding hydrogens is 230 g/mol. The number of anilines is 2. The second-order valence-electron chi connectivity index (χ2n) is 3.76. The summed E-state index contributed by atoms with van der Waals surface area (Å²) in [4.78, 5) is 3.87. The van der Waals surface area contributed by atoms with Crippen LogP contribution in [0.3, 0.4) is 0 Å². The lowest BCUT2D eigenvalue weighted by atomic mass is 10.3. The minimum atomic E-state index is -3.35. The molecule has 3 N–H and O–H groups in total. The van der Waals surface area contributed by atoms with Gasteiger partial charge in [-0.3, -0.25) is 4.72 Å². The van der Waals surface area contributed by atoms with E-state index >= 15 is 0 Å². The molecule has 1 saturated carbocycles. The molecule has 1 fully saturated rings. The molecule has 0 bridgehead atoms. The van der Waals surface area contributed by atoms with Crippen molar-refractivity contribution in [2.45, 2.75) is 18.9 Å². The first-order chi connectivity index (χ1) is 7.46. The number of pyridine rings is 1. The van der Waals surface area contributed by atoms with Gasteiger partial charge in [-0.05, 0) is 18.9 Å². The maximum Gasteiger partial charge on any atom is 0.229 e. The Labute approximate surface area is 93.9 Å². The average Bonchev–Trinajstić information content (AvgIpc) is 2.92.